The van der Waals surface area contributed by atoms with Crippen LogP contribution >= 0.6 is 11.8 Å². The van der Waals surface area contributed by atoms with E-state index < -0.39 is 15.9 Å². The molecule has 1 amide bonds. The lowest BCUT2D eigenvalue weighted by Crippen LogP contribution is -2.28. The molecular weight excluding hydrogens is 448 g/mol. The van der Waals surface area contributed by atoms with Crippen molar-refractivity contribution >= 4 is 39.1 Å². The van der Waals surface area contributed by atoms with Gasteiger partial charge in [0, 0.05) is 22.9 Å². The van der Waals surface area contributed by atoms with Crippen LogP contribution in [0.2, 0.25) is 0 Å². The lowest BCUT2D eigenvalue weighted by Gasteiger charge is -2.22. The summed E-state index contributed by atoms with van der Waals surface area (Å²) in [5, 5.41) is 2.90. The second-order valence-corrected chi connectivity index (χ2v) is 9.95. The van der Waals surface area contributed by atoms with Crippen molar-refractivity contribution in [3.63, 3.8) is 0 Å². The molecule has 0 saturated heterocycles. The molecule has 0 atom stereocenters. The van der Waals surface area contributed by atoms with Crippen molar-refractivity contribution in [2.75, 3.05) is 37.1 Å². The maximum absolute atomic E-state index is 13.3. The number of para-hydroxylation sites is 1. The molecular formula is C23H24N2O5S2. The molecule has 0 radical (unpaired) electrons. The Morgan fingerprint density at radius 1 is 0.938 bits per heavy atom. The van der Waals surface area contributed by atoms with Gasteiger partial charge in [0.15, 0.2) is 11.5 Å². The fourth-order valence-electron chi connectivity index (χ4n) is 2.95. The van der Waals surface area contributed by atoms with Crippen molar-refractivity contribution in [2.45, 2.75) is 9.79 Å². The van der Waals surface area contributed by atoms with E-state index in [0.717, 1.165) is 20.4 Å². The van der Waals surface area contributed by atoms with E-state index in [-0.39, 0.29) is 11.3 Å². The van der Waals surface area contributed by atoms with Crippen molar-refractivity contribution in [1.82, 2.24) is 0 Å². The molecule has 0 heterocycles. The summed E-state index contributed by atoms with van der Waals surface area (Å²) in [7, 11) is 0.649. The SMILES string of the molecule is COc1cc(C(=O)Nc2ccccc2Sc2ccccc2)c(N(C)S(C)(=O)=O)cc1OC. The van der Waals surface area contributed by atoms with Crippen LogP contribution in [0.3, 0.4) is 0 Å². The number of methoxy groups -OCH3 is 2. The van der Waals surface area contributed by atoms with Gasteiger partial charge >= 0.3 is 0 Å². The van der Waals surface area contributed by atoms with Crippen molar-refractivity contribution in [3.8, 4) is 11.5 Å². The second-order valence-electron chi connectivity index (χ2n) is 6.82. The molecule has 0 aliphatic heterocycles. The van der Waals surface area contributed by atoms with E-state index in [0.29, 0.717) is 17.2 Å². The summed E-state index contributed by atoms with van der Waals surface area (Å²) < 4.78 is 36.0. The zero-order chi connectivity index (χ0) is 23.3. The molecule has 7 nitrogen and oxygen atoms in total. The summed E-state index contributed by atoms with van der Waals surface area (Å²) in [4.78, 5) is 15.2. The van der Waals surface area contributed by atoms with Crippen molar-refractivity contribution in [3.05, 3.63) is 72.3 Å². The highest BCUT2D eigenvalue weighted by Crippen LogP contribution is 2.37. The lowest BCUT2D eigenvalue weighted by molar-refractivity contribution is 0.102. The first kappa shape index (κ1) is 23.5. The van der Waals surface area contributed by atoms with Gasteiger partial charge in [-0.3, -0.25) is 9.10 Å². The van der Waals surface area contributed by atoms with Crippen LogP contribution < -0.4 is 19.1 Å². The molecule has 0 unspecified atom stereocenters. The first-order chi connectivity index (χ1) is 15.2. The molecule has 0 aliphatic rings. The lowest BCUT2D eigenvalue weighted by atomic mass is 10.1. The zero-order valence-electron chi connectivity index (χ0n) is 18.2. The molecule has 0 aromatic heterocycles. The number of anilines is 2. The van der Waals surface area contributed by atoms with E-state index in [1.54, 1.807) is 6.07 Å². The summed E-state index contributed by atoms with van der Waals surface area (Å²) in [5.41, 5.74) is 0.917. The van der Waals surface area contributed by atoms with Crippen LogP contribution in [0.4, 0.5) is 11.4 Å². The highest BCUT2D eigenvalue weighted by molar-refractivity contribution is 7.99. The number of sulfonamides is 1. The Bertz CT molecular complexity index is 1210. The quantitative estimate of drug-likeness (QED) is 0.520. The summed E-state index contributed by atoms with van der Waals surface area (Å²) in [5.74, 6) is 0.155. The monoisotopic (exact) mass is 472 g/mol. The summed E-state index contributed by atoms with van der Waals surface area (Å²) >= 11 is 1.51. The van der Waals surface area contributed by atoms with Crippen LogP contribution in [0.15, 0.2) is 76.5 Å². The van der Waals surface area contributed by atoms with E-state index in [9.17, 15) is 13.2 Å². The number of hydrogen-bond donors (Lipinski definition) is 1. The number of amides is 1. The van der Waals surface area contributed by atoms with Gasteiger partial charge < -0.3 is 14.8 Å². The Morgan fingerprint density at radius 2 is 1.53 bits per heavy atom. The molecule has 32 heavy (non-hydrogen) atoms. The van der Waals surface area contributed by atoms with Crippen LogP contribution in [0.1, 0.15) is 10.4 Å². The smallest absolute Gasteiger partial charge is 0.257 e. The zero-order valence-corrected chi connectivity index (χ0v) is 19.8. The molecule has 0 aliphatic carbocycles. The number of ether oxygens (including phenoxy) is 2. The number of nitrogens with zero attached hydrogens (tertiary/aromatic N) is 1. The van der Waals surface area contributed by atoms with Crippen molar-refractivity contribution in [2.24, 2.45) is 0 Å². The number of carbonyl (C=O) groups excluding carboxylic acids is 1. The van der Waals surface area contributed by atoms with E-state index in [2.05, 4.69) is 5.32 Å². The van der Waals surface area contributed by atoms with E-state index >= 15 is 0 Å². The van der Waals surface area contributed by atoms with Crippen LogP contribution in [0.25, 0.3) is 0 Å². The maximum atomic E-state index is 13.3. The molecule has 0 saturated carbocycles. The van der Waals surface area contributed by atoms with Gasteiger partial charge in [-0.1, -0.05) is 42.1 Å². The van der Waals surface area contributed by atoms with Crippen LogP contribution in [-0.4, -0.2) is 41.8 Å². The number of benzene rings is 3. The third-order valence-electron chi connectivity index (χ3n) is 4.69. The first-order valence-corrected chi connectivity index (χ1v) is 12.2. The molecule has 0 spiro atoms. The third-order valence-corrected chi connectivity index (χ3v) is 6.96. The number of rotatable bonds is 8. The van der Waals surface area contributed by atoms with Crippen LogP contribution in [0.5, 0.6) is 11.5 Å². The topological polar surface area (TPSA) is 84.9 Å². The fourth-order valence-corrected chi connectivity index (χ4v) is 4.38. The van der Waals surface area contributed by atoms with Crippen LogP contribution in [0, 0.1) is 0 Å². The van der Waals surface area contributed by atoms with Gasteiger partial charge in [-0.15, -0.1) is 0 Å². The molecule has 3 aromatic rings. The average molecular weight is 473 g/mol. The van der Waals surface area contributed by atoms with Gasteiger partial charge in [0.2, 0.25) is 10.0 Å². The van der Waals surface area contributed by atoms with E-state index in [1.165, 1.54) is 45.2 Å². The van der Waals surface area contributed by atoms with E-state index in [4.69, 9.17) is 9.47 Å². The third kappa shape index (κ3) is 5.35. The Labute approximate surface area is 192 Å². The van der Waals surface area contributed by atoms with Crippen LogP contribution in [-0.2, 0) is 10.0 Å². The molecule has 9 heteroatoms. The van der Waals surface area contributed by atoms with E-state index in [1.807, 2.05) is 48.5 Å². The Morgan fingerprint density at radius 3 is 2.16 bits per heavy atom. The Kier molecular flexibility index (Phi) is 7.32. The largest absolute Gasteiger partial charge is 0.493 e. The predicted octanol–water partition coefficient (Wildman–Crippen LogP) is 4.50. The second kappa shape index (κ2) is 9.97. The maximum Gasteiger partial charge on any atom is 0.257 e. The molecule has 1 N–H and O–H groups in total. The number of carbonyl (C=O) groups is 1. The van der Waals surface area contributed by atoms with Gasteiger partial charge in [-0.2, -0.15) is 0 Å². The van der Waals surface area contributed by atoms with Gasteiger partial charge in [0.1, 0.15) is 0 Å². The minimum atomic E-state index is -3.63. The Balaban J connectivity index is 2.01. The minimum absolute atomic E-state index is 0.134. The highest BCUT2D eigenvalue weighted by Gasteiger charge is 2.24. The normalized spacial score (nSPS) is 11.0. The minimum Gasteiger partial charge on any atom is -0.493 e. The average Bonchev–Trinajstić information content (AvgIpc) is 2.79. The molecule has 168 valence electrons. The highest BCUT2D eigenvalue weighted by atomic mass is 32.2. The Hall–Kier alpha value is -3.17. The number of hydrogen-bond acceptors (Lipinski definition) is 6. The van der Waals surface area contributed by atoms with Crippen molar-refractivity contribution < 1.29 is 22.7 Å². The van der Waals surface area contributed by atoms with Gasteiger partial charge in [0.25, 0.3) is 5.91 Å². The predicted molar refractivity (Wildman–Crippen MR) is 128 cm³/mol. The standard InChI is InChI=1S/C23H24N2O5S2/c1-25(32(4,27)28)19-15-21(30-3)20(29-2)14-17(19)23(26)24-18-12-8-9-13-22(18)31-16-10-6-5-7-11-16/h5-15H,1-4H3,(H,24,26). The summed E-state index contributed by atoms with van der Waals surface area (Å²) in [6.45, 7) is 0. The van der Waals surface area contributed by atoms with Gasteiger partial charge in [-0.25, -0.2) is 8.42 Å². The van der Waals surface area contributed by atoms with Crippen molar-refractivity contribution in [1.29, 1.82) is 0 Å². The first-order valence-electron chi connectivity index (χ1n) is 9.57. The fraction of sp³-hybridized carbons (Fsp3) is 0.174. The van der Waals surface area contributed by atoms with Gasteiger partial charge in [0.05, 0.1) is 37.4 Å². The molecule has 0 bridgehead atoms. The van der Waals surface area contributed by atoms with Gasteiger partial charge in [-0.05, 0) is 30.3 Å². The molecule has 0 fully saturated rings. The molecule has 3 aromatic carbocycles. The molecule has 3 rings (SSSR count). The summed E-state index contributed by atoms with van der Waals surface area (Å²) in [6, 6.07) is 20.2. The number of nitrogens with one attached hydrogen (secondary N) is 1. The summed E-state index contributed by atoms with van der Waals surface area (Å²) in [6.07, 6.45) is 1.07.